The largest absolute Gasteiger partial charge is 0.486 e. The zero-order chi connectivity index (χ0) is 16.2. The van der Waals surface area contributed by atoms with E-state index in [4.69, 9.17) is 9.47 Å². The first-order valence-electron chi connectivity index (χ1n) is 8.74. The van der Waals surface area contributed by atoms with Gasteiger partial charge < -0.3 is 9.47 Å². The van der Waals surface area contributed by atoms with E-state index in [2.05, 4.69) is 41.3 Å². The van der Waals surface area contributed by atoms with E-state index in [0.717, 1.165) is 44.0 Å². The van der Waals surface area contributed by atoms with Crippen LogP contribution in [0.2, 0.25) is 0 Å². The van der Waals surface area contributed by atoms with Crippen LogP contribution in [-0.4, -0.2) is 37.2 Å². The van der Waals surface area contributed by atoms with E-state index in [0.29, 0.717) is 6.61 Å². The number of nitrogens with zero attached hydrogens (tertiary/aromatic N) is 1. The Balaban J connectivity index is 1.28. The highest BCUT2D eigenvalue weighted by atomic mass is 16.6. The Morgan fingerprint density at radius 3 is 2.54 bits per heavy atom. The van der Waals surface area contributed by atoms with Gasteiger partial charge in [0.25, 0.3) is 0 Å². The van der Waals surface area contributed by atoms with Crippen molar-refractivity contribution in [1.82, 2.24) is 4.90 Å². The minimum absolute atomic E-state index is 0.152. The SMILES string of the molecule is C1=C(c2ccccc2)CCN(CCC2COc3ccccc3O2)C1. The second kappa shape index (κ2) is 7.10. The summed E-state index contributed by atoms with van der Waals surface area (Å²) in [6.07, 6.45) is 4.64. The lowest BCUT2D eigenvalue weighted by molar-refractivity contribution is 0.0761. The zero-order valence-corrected chi connectivity index (χ0v) is 13.9. The molecule has 0 saturated carbocycles. The van der Waals surface area contributed by atoms with Crippen LogP contribution >= 0.6 is 0 Å². The van der Waals surface area contributed by atoms with Gasteiger partial charge in [-0.05, 0) is 29.7 Å². The van der Waals surface area contributed by atoms with Gasteiger partial charge in [0.05, 0.1) is 0 Å². The zero-order valence-electron chi connectivity index (χ0n) is 13.9. The summed E-state index contributed by atoms with van der Waals surface area (Å²) in [6.45, 7) is 3.84. The quantitative estimate of drug-likeness (QED) is 0.849. The predicted molar refractivity (Wildman–Crippen MR) is 96.4 cm³/mol. The van der Waals surface area contributed by atoms with Crippen molar-refractivity contribution in [2.24, 2.45) is 0 Å². The maximum absolute atomic E-state index is 6.05. The van der Waals surface area contributed by atoms with E-state index >= 15 is 0 Å². The van der Waals surface area contributed by atoms with Crippen molar-refractivity contribution in [1.29, 1.82) is 0 Å². The van der Waals surface area contributed by atoms with Crippen LogP contribution in [0.15, 0.2) is 60.7 Å². The van der Waals surface area contributed by atoms with Crippen LogP contribution in [0.1, 0.15) is 18.4 Å². The summed E-state index contributed by atoms with van der Waals surface area (Å²) in [7, 11) is 0. The lowest BCUT2D eigenvalue weighted by atomic mass is 9.99. The Labute approximate surface area is 143 Å². The summed E-state index contributed by atoms with van der Waals surface area (Å²) in [5, 5.41) is 0. The van der Waals surface area contributed by atoms with Crippen molar-refractivity contribution < 1.29 is 9.47 Å². The molecule has 2 heterocycles. The van der Waals surface area contributed by atoms with E-state index in [-0.39, 0.29) is 6.10 Å². The molecule has 3 nitrogen and oxygen atoms in total. The predicted octanol–water partition coefficient (Wildman–Crippen LogP) is 4.01. The Morgan fingerprint density at radius 2 is 1.75 bits per heavy atom. The molecule has 2 aromatic rings. The van der Waals surface area contributed by atoms with Crippen molar-refractivity contribution in [3.05, 3.63) is 66.2 Å². The molecule has 0 N–H and O–H groups in total. The van der Waals surface area contributed by atoms with Crippen molar-refractivity contribution >= 4 is 5.57 Å². The average molecular weight is 321 g/mol. The minimum Gasteiger partial charge on any atom is -0.486 e. The summed E-state index contributed by atoms with van der Waals surface area (Å²) >= 11 is 0. The van der Waals surface area contributed by atoms with E-state index < -0.39 is 0 Å². The molecule has 3 heteroatoms. The van der Waals surface area contributed by atoms with E-state index in [9.17, 15) is 0 Å². The average Bonchev–Trinajstić information content (AvgIpc) is 2.67. The van der Waals surface area contributed by atoms with Gasteiger partial charge in [0, 0.05) is 26.1 Å². The van der Waals surface area contributed by atoms with Crippen LogP contribution in [0.4, 0.5) is 0 Å². The number of ether oxygens (including phenoxy) is 2. The summed E-state index contributed by atoms with van der Waals surface area (Å²) in [6, 6.07) is 18.6. The third-order valence-corrected chi connectivity index (χ3v) is 4.77. The van der Waals surface area contributed by atoms with Gasteiger partial charge in [-0.2, -0.15) is 0 Å². The molecule has 0 bridgehead atoms. The molecule has 1 atom stereocenters. The highest BCUT2D eigenvalue weighted by molar-refractivity contribution is 5.66. The van der Waals surface area contributed by atoms with Crippen LogP contribution in [0.5, 0.6) is 11.5 Å². The highest BCUT2D eigenvalue weighted by Crippen LogP contribution is 2.31. The number of para-hydroxylation sites is 2. The maximum Gasteiger partial charge on any atom is 0.161 e. The summed E-state index contributed by atoms with van der Waals surface area (Å²) in [4.78, 5) is 2.50. The number of benzene rings is 2. The smallest absolute Gasteiger partial charge is 0.161 e. The molecular formula is C21H23NO2. The van der Waals surface area contributed by atoms with Crippen molar-refractivity contribution in [2.75, 3.05) is 26.2 Å². The molecule has 4 rings (SSSR count). The molecular weight excluding hydrogens is 298 g/mol. The van der Waals surface area contributed by atoms with Gasteiger partial charge in [0.15, 0.2) is 11.5 Å². The van der Waals surface area contributed by atoms with E-state index in [1.54, 1.807) is 0 Å². The van der Waals surface area contributed by atoms with Crippen LogP contribution in [-0.2, 0) is 0 Å². The third kappa shape index (κ3) is 3.46. The monoisotopic (exact) mass is 321 g/mol. The Hall–Kier alpha value is -2.26. The van der Waals surface area contributed by atoms with E-state index in [1.165, 1.54) is 11.1 Å². The van der Waals surface area contributed by atoms with E-state index in [1.807, 2.05) is 24.3 Å². The molecule has 0 amide bonds. The number of rotatable bonds is 4. The van der Waals surface area contributed by atoms with Gasteiger partial charge in [-0.3, -0.25) is 4.90 Å². The highest BCUT2D eigenvalue weighted by Gasteiger charge is 2.22. The Kier molecular flexibility index (Phi) is 4.52. The number of fused-ring (bicyclic) bond motifs is 1. The van der Waals surface area contributed by atoms with Gasteiger partial charge in [-0.1, -0.05) is 48.5 Å². The first-order valence-corrected chi connectivity index (χ1v) is 8.74. The van der Waals surface area contributed by atoms with Crippen LogP contribution in [0, 0.1) is 0 Å². The maximum atomic E-state index is 6.05. The van der Waals surface area contributed by atoms with Crippen LogP contribution in [0.3, 0.4) is 0 Å². The van der Waals surface area contributed by atoms with Crippen molar-refractivity contribution in [3.8, 4) is 11.5 Å². The molecule has 0 fully saturated rings. The first kappa shape index (κ1) is 15.3. The molecule has 0 aromatic heterocycles. The Morgan fingerprint density at radius 1 is 0.958 bits per heavy atom. The fourth-order valence-corrected chi connectivity index (χ4v) is 3.36. The Bertz CT molecular complexity index is 711. The molecule has 124 valence electrons. The van der Waals surface area contributed by atoms with Crippen LogP contribution in [0.25, 0.3) is 5.57 Å². The van der Waals surface area contributed by atoms with Gasteiger partial charge in [-0.25, -0.2) is 0 Å². The normalized spacial score (nSPS) is 20.5. The fraction of sp³-hybridized carbons (Fsp3) is 0.333. The van der Waals surface area contributed by atoms with Gasteiger partial charge >= 0.3 is 0 Å². The second-order valence-corrected chi connectivity index (χ2v) is 6.43. The van der Waals surface area contributed by atoms with Crippen molar-refractivity contribution in [3.63, 3.8) is 0 Å². The van der Waals surface area contributed by atoms with Gasteiger partial charge in [-0.15, -0.1) is 0 Å². The topological polar surface area (TPSA) is 21.7 Å². The molecule has 1 unspecified atom stereocenters. The molecule has 2 aliphatic heterocycles. The molecule has 2 aliphatic rings. The molecule has 0 aliphatic carbocycles. The van der Waals surface area contributed by atoms with Crippen molar-refractivity contribution in [2.45, 2.75) is 18.9 Å². The molecule has 0 spiro atoms. The summed E-state index contributed by atoms with van der Waals surface area (Å²) < 4.78 is 11.8. The summed E-state index contributed by atoms with van der Waals surface area (Å²) in [5.41, 5.74) is 2.83. The van der Waals surface area contributed by atoms with Gasteiger partial charge in [0.1, 0.15) is 12.7 Å². The second-order valence-electron chi connectivity index (χ2n) is 6.43. The van der Waals surface area contributed by atoms with Crippen LogP contribution < -0.4 is 9.47 Å². The molecule has 0 saturated heterocycles. The molecule has 24 heavy (non-hydrogen) atoms. The molecule has 2 aromatic carbocycles. The minimum atomic E-state index is 0.152. The number of hydrogen-bond donors (Lipinski definition) is 0. The fourth-order valence-electron chi connectivity index (χ4n) is 3.36. The first-order chi connectivity index (χ1) is 11.9. The lowest BCUT2D eigenvalue weighted by Gasteiger charge is -2.30. The lowest BCUT2D eigenvalue weighted by Crippen LogP contribution is -2.36. The standard InChI is InChI=1S/C21H23NO2/c1-2-6-17(7-3-1)18-10-13-22(14-11-18)15-12-19-16-23-20-8-4-5-9-21(20)24-19/h1-10,19H,11-16H2. The third-order valence-electron chi connectivity index (χ3n) is 4.77. The summed E-state index contributed by atoms with van der Waals surface area (Å²) in [5.74, 6) is 1.74. The van der Waals surface area contributed by atoms with Gasteiger partial charge in [0.2, 0.25) is 0 Å². The molecule has 0 radical (unpaired) electrons. The number of hydrogen-bond acceptors (Lipinski definition) is 3.